The summed E-state index contributed by atoms with van der Waals surface area (Å²) in [6.07, 6.45) is 9.70. The quantitative estimate of drug-likeness (QED) is 0.495. The van der Waals surface area contributed by atoms with Gasteiger partial charge in [0.25, 0.3) is 0 Å². The Bertz CT molecular complexity index is 811. The van der Waals surface area contributed by atoms with Crippen LogP contribution in [0.3, 0.4) is 0 Å². The van der Waals surface area contributed by atoms with Gasteiger partial charge in [-0.2, -0.15) is 0 Å². The summed E-state index contributed by atoms with van der Waals surface area (Å²) >= 11 is 1.48. The van der Waals surface area contributed by atoms with Gasteiger partial charge in [0.05, 0.1) is 17.4 Å². The van der Waals surface area contributed by atoms with Gasteiger partial charge in [0.2, 0.25) is 0 Å². The van der Waals surface area contributed by atoms with E-state index in [9.17, 15) is 4.79 Å². The largest absolute Gasteiger partial charge is 0.379 e. The Hall–Kier alpha value is -2.21. The molecule has 1 heterocycles. The fourth-order valence-electron chi connectivity index (χ4n) is 3.46. The summed E-state index contributed by atoms with van der Waals surface area (Å²) in [6, 6.07) is 8.18. The minimum atomic E-state index is -0.254. The lowest BCUT2D eigenvalue weighted by Gasteiger charge is -2.26. The van der Waals surface area contributed by atoms with E-state index >= 15 is 0 Å². The van der Waals surface area contributed by atoms with Crippen molar-refractivity contribution in [2.24, 2.45) is 10.7 Å². The predicted molar refractivity (Wildman–Crippen MR) is 107 cm³/mol. The number of benzene rings is 1. The molecule has 2 aromatic rings. The standard InChI is InChI=1S/C20H24N4OS/c1-14-12-23-17(13-22-14)18(25)11-15-6-5-7-16(10-15)20(8-3-4-9-20)24-19(21)26-2/h5-7,10,12-13H,3-4,8-9,11H2,1-2H3,(H2,21,24). The molecule has 0 bridgehead atoms. The average molecular weight is 369 g/mol. The van der Waals surface area contributed by atoms with Gasteiger partial charge in [-0.1, -0.05) is 48.9 Å². The Kier molecular flexibility index (Phi) is 5.71. The molecule has 1 fully saturated rings. The number of ketones is 1. The predicted octanol–water partition coefficient (Wildman–Crippen LogP) is 3.66. The van der Waals surface area contributed by atoms with E-state index in [-0.39, 0.29) is 11.3 Å². The van der Waals surface area contributed by atoms with Crippen LogP contribution >= 0.6 is 11.8 Å². The van der Waals surface area contributed by atoms with Crippen LogP contribution in [-0.2, 0) is 12.0 Å². The summed E-state index contributed by atoms with van der Waals surface area (Å²) in [4.78, 5) is 25.7. The number of aryl methyl sites for hydroxylation is 1. The number of nitrogens with zero attached hydrogens (tertiary/aromatic N) is 3. The molecule has 3 rings (SSSR count). The van der Waals surface area contributed by atoms with Crippen molar-refractivity contribution in [1.82, 2.24) is 9.97 Å². The van der Waals surface area contributed by atoms with E-state index < -0.39 is 0 Å². The molecule has 0 radical (unpaired) electrons. The molecule has 0 saturated heterocycles. The zero-order valence-corrected chi connectivity index (χ0v) is 16.1. The van der Waals surface area contributed by atoms with Gasteiger partial charge in [-0.3, -0.25) is 14.8 Å². The lowest BCUT2D eigenvalue weighted by Crippen LogP contribution is -2.23. The van der Waals surface area contributed by atoms with E-state index in [1.54, 1.807) is 12.4 Å². The van der Waals surface area contributed by atoms with E-state index in [0.29, 0.717) is 17.3 Å². The first-order valence-electron chi connectivity index (χ1n) is 8.83. The molecule has 6 heteroatoms. The van der Waals surface area contributed by atoms with Crippen molar-refractivity contribution in [2.45, 2.75) is 44.6 Å². The number of nitrogens with two attached hydrogens (primary N) is 1. The first-order valence-corrected chi connectivity index (χ1v) is 10.1. The second-order valence-electron chi connectivity index (χ2n) is 6.74. The van der Waals surface area contributed by atoms with Crippen molar-refractivity contribution in [3.63, 3.8) is 0 Å². The lowest BCUT2D eigenvalue weighted by molar-refractivity contribution is 0.0987. The fraction of sp³-hybridized carbons (Fsp3) is 0.400. The summed E-state index contributed by atoms with van der Waals surface area (Å²) in [5.74, 6) is -0.0257. The van der Waals surface area contributed by atoms with Gasteiger partial charge in [-0.25, -0.2) is 4.98 Å². The number of carbonyl (C=O) groups is 1. The van der Waals surface area contributed by atoms with Crippen molar-refractivity contribution in [3.05, 3.63) is 59.2 Å². The van der Waals surface area contributed by atoms with Crippen molar-refractivity contribution < 1.29 is 4.79 Å². The van der Waals surface area contributed by atoms with Gasteiger partial charge >= 0.3 is 0 Å². The van der Waals surface area contributed by atoms with Crippen LogP contribution in [-0.4, -0.2) is 27.2 Å². The van der Waals surface area contributed by atoms with Crippen LogP contribution < -0.4 is 5.73 Å². The van der Waals surface area contributed by atoms with E-state index in [1.165, 1.54) is 11.8 Å². The Morgan fingerprint density at radius 1 is 1.27 bits per heavy atom. The van der Waals surface area contributed by atoms with Crippen molar-refractivity contribution in [3.8, 4) is 0 Å². The second kappa shape index (κ2) is 7.99. The van der Waals surface area contributed by atoms with Gasteiger partial charge in [0.15, 0.2) is 11.0 Å². The van der Waals surface area contributed by atoms with Crippen LogP contribution in [0.1, 0.15) is 53.0 Å². The lowest BCUT2D eigenvalue weighted by atomic mass is 9.87. The first-order chi connectivity index (χ1) is 12.5. The maximum atomic E-state index is 12.5. The number of hydrogen-bond acceptors (Lipinski definition) is 5. The third-order valence-corrected chi connectivity index (χ3v) is 5.37. The van der Waals surface area contributed by atoms with E-state index in [0.717, 1.165) is 42.5 Å². The molecule has 5 nitrogen and oxygen atoms in total. The molecule has 0 unspecified atom stereocenters. The number of aromatic nitrogens is 2. The molecule has 1 saturated carbocycles. The molecule has 0 amide bonds. The number of hydrogen-bond donors (Lipinski definition) is 1. The highest BCUT2D eigenvalue weighted by molar-refractivity contribution is 8.13. The first kappa shape index (κ1) is 18.6. The third-order valence-electron chi connectivity index (χ3n) is 4.86. The summed E-state index contributed by atoms with van der Waals surface area (Å²) in [6.45, 7) is 1.85. The Morgan fingerprint density at radius 3 is 2.69 bits per heavy atom. The maximum Gasteiger partial charge on any atom is 0.187 e. The monoisotopic (exact) mass is 368 g/mol. The number of thioether (sulfide) groups is 1. The fourth-order valence-corrected chi connectivity index (χ4v) is 3.73. The van der Waals surface area contributed by atoms with E-state index in [1.807, 2.05) is 25.3 Å². The molecule has 1 aromatic carbocycles. The highest BCUT2D eigenvalue weighted by atomic mass is 32.2. The second-order valence-corrected chi connectivity index (χ2v) is 7.56. The van der Waals surface area contributed by atoms with Gasteiger partial charge in [-0.05, 0) is 37.1 Å². The molecule has 26 heavy (non-hydrogen) atoms. The van der Waals surface area contributed by atoms with E-state index in [4.69, 9.17) is 10.7 Å². The van der Waals surface area contributed by atoms with Crippen LogP contribution in [0.25, 0.3) is 0 Å². The molecule has 1 aliphatic carbocycles. The molecule has 0 aliphatic heterocycles. The zero-order chi connectivity index (χ0) is 18.6. The highest BCUT2D eigenvalue weighted by Gasteiger charge is 2.35. The van der Waals surface area contributed by atoms with Gasteiger partial charge in [-0.15, -0.1) is 0 Å². The minimum Gasteiger partial charge on any atom is -0.379 e. The van der Waals surface area contributed by atoms with Gasteiger partial charge in [0.1, 0.15) is 5.69 Å². The minimum absolute atomic E-state index is 0.0257. The number of Topliss-reactive ketones (excluding diaryl/α,β-unsaturated/α-hetero) is 1. The number of carbonyl (C=O) groups excluding carboxylic acids is 1. The molecular formula is C20H24N4OS. The highest BCUT2D eigenvalue weighted by Crippen LogP contribution is 2.43. The van der Waals surface area contributed by atoms with Crippen LogP contribution in [0.5, 0.6) is 0 Å². The Labute approximate surface area is 158 Å². The zero-order valence-electron chi connectivity index (χ0n) is 15.2. The summed E-state index contributed by atoms with van der Waals surface area (Å²) in [5.41, 5.74) is 9.09. The summed E-state index contributed by atoms with van der Waals surface area (Å²) in [7, 11) is 0. The molecule has 0 spiro atoms. The van der Waals surface area contributed by atoms with Crippen molar-refractivity contribution in [1.29, 1.82) is 0 Å². The smallest absolute Gasteiger partial charge is 0.187 e. The number of rotatable bonds is 5. The maximum absolute atomic E-state index is 12.5. The normalized spacial score (nSPS) is 16.6. The van der Waals surface area contributed by atoms with Crippen LogP contribution in [0.2, 0.25) is 0 Å². The summed E-state index contributed by atoms with van der Waals surface area (Å²) in [5, 5.41) is 0.614. The van der Waals surface area contributed by atoms with Crippen LogP contribution in [0, 0.1) is 6.92 Å². The van der Waals surface area contributed by atoms with Crippen molar-refractivity contribution >= 4 is 22.7 Å². The van der Waals surface area contributed by atoms with Crippen molar-refractivity contribution in [2.75, 3.05) is 6.26 Å². The van der Waals surface area contributed by atoms with Gasteiger partial charge < -0.3 is 5.73 Å². The number of aliphatic imine (C=N–C) groups is 1. The molecule has 0 atom stereocenters. The Balaban J connectivity index is 1.85. The summed E-state index contributed by atoms with van der Waals surface area (Å²) < 4.78 is 0. The SMILES string of the molecule is CSC(N)=NC1(c2cccc(CC(=O)c3cnc(C)cn3)c2)CCCC1. The van der Waals surface area contributed by atoms with Crippen LogP contribution in [0.15, 0.2) is 41.7 Å². The molecule has 1 aliphatic rings. The topological polar surface area (TPSA) is 81.2 Å². The average Bonchev–Trinajstić information content (AvgIpc) is 3.12. The molecule has 1 aromatic heterocycles. The Morgan fingerprint density at radius 2 is 2.04 bits per heavy atom. The van der Waals surface area contributed by atoms with E-state index in [2.05, 4.69) is 22.1 Å². The van der Waals surface area contributed by atoms with Crippen LogP contribution in [0.4, 0.5) is 0 Å². The third kappa shape index (κ3) is 4.12. The molecule has 2 N–H and O–H groups in total. The van der Waals surface area contributed by atoms with Gasteiger partial charge in [0, 0.05) is 12.6 Å². The molecule has 136 valence electrons. The number of amidine groups is 1. The molecular weight excluding hydrogens is 344 g/mol.